The molecule has 1 fully saturated rings. The van der Waals surface area contributed by atoms with Crippen LogP contribution in [0.15, 0.2) is 66.7 Å². The van der Waals surface area contributed by atoms with Gasteiger partial charge < -0.3 is 26.0 Å². The van der Waals surface area contributed by atoms with E-state index in [0.29, 0.717) is 17.7 Å². The third-order valence-electron chi connectivity index (χ3n) is 7.59. The van der Waals surface area contributed by atoms with Gasteiger partial charge in [-0.25, -0.2) is 4.79 Å². The molecule has 9 heteroatoms. The number of primary amides is 1. The van der Waals surface area contributed by atoms with Gasteiger partial charge in [0.25, 0.3) is 5.91 Å². The molecule has 3 aromatic rings. The zero-order chi connectivity index (χ0) is 31.3. The minimum Gasteiger partial charge on any atom is -0.444 e. The summed E-state index contributed by atoms with van der Waals surface area (Å²) in [6.45, 7) is 9.23. The molecular formula is C34H42N4O5. The second-order valence-electron chi connectivity index (χ2n) is 12.3. The van der Waals surface area contributed by atoms with E-state index in [9.17, 15) is 19.2 Å². The fourth-order valence-electron chi connectivity index (χ4n) is 5.20. The number of amides is 4. The Morgan fingerprint density at radius 2 is 1.65 bits per heavy atom. The van der Waals surface area contributed by atoms with Crippen LogP contribution in [0.5, 0.6) is 0 Å². The summed E-state index contributed by atoms with van der Waals surface area (Å²) >= 11 is 0. The van der Waals surface area contributed by atoms with Crippen LogP contribution in [0.3, 0.4) is 0 Å². The second-order valence-corrected chi connectivity index (χ2v) is 12.3. The highest BCUT2D eigenvalue weighted by molar-refractivity contribution is 6.00. The Bertz CT molecular complexity index is 1480. The molecule has 0 aliphatic heterocycles. The zero-order valence-corrected chi connectivity index (χ0v) is 25.6. The first-order chi connectivity index (χ1) is 20.4. The molecule has 9 nitrogen and oxygen atoms in total. The van der Waals surface area contributed by atoms with Crippen LogP contribution >= 0.6 is 0 Å². The third kappa shape index (κ3) is 8.34. The Labute approximate surface area is 253 Å². The number of alkyl carbamates (subject to hydrolysis) is 1. The number of ether oxygens (including phenoxy) is 1. The maximum Gasteiger partial charge on any atom is 0.408 e. The van der Waals surface area contributed by atoms with E-state index in [1.54, 1.807) is 25.7 Å². The fraction of sp³-hybridized carbons (Fsp3) is 0.412. The predicted octanol–water partition coefficient (Wildman–Crippen LogP) is 5.48. The number of aryl methyl sites for hydroxylation is 1. The first kappa shape index (κ1) is 31.5. The molecule has 43 heavy (non-hydrogen) atoms. The van der Waals surface area contributed by atoms with Crippen LogP contribution in [-0.2, 0) is 25.5 Å². The van der Waals surface area contributed by atoms with Crippen LogP contribution in [0.4, 0.5) is 10.5 Å². The van der Waals surface area contributed by atoms with Crippen molar-refractivity contribution in [1.29, 1.82) is 0 Å². The van der Waals surface area contributed by atoms with Crippen molar-refractivity contribution in [2.75, 3.05) is 5.32 Å². The highest BCUT2D eigenvalue weighted by atomic mass is 16.6. The van der Waals surface area contributed by atoms with Crippen molar-refractivity contribution in [2.45, 2.75) is 84.0 Å². The lowest BCUT2D eigenvalue weighted by Gasteiger charge is -2.35. The highest BCUT2D eigenvalue weighted by Gasteiger charge is 2.48. The van der Waals surface area contributed by atoms with Crippen LogP contribution in [-0.4, -0.2) is 46.4 Å². The molecule has 0 aromatic heterocycles. The summed E-state index contributed by atoms with van der Waals surface area (Å²) in [6, 6.07) is 18.8. The largest absolute Gasteiger partial charge is 0.444 e. The van der Waals surface area contributed by atoms with E-state index < -0.39 is 35.6 Å². The summed E-state index contributed by atoms with van der Waals surface area (Å²) in [5, 5.41) is 7.70. The van der Waals surface area contributed by atoms with E-state index in [0.717, 1.165) is 22.8 Å². The predicted molar refractivity (Wildman–Crippen MR) is 167 cm³/mol. The maximum absolute atomic E-state index is 14.4. The van der Waals surface area contributed by atoms with Gasteiger partial charge in [-0.05, 0) is 80.0 Å². The van der Waals surface area contributed by atoms with Gasteiger partial charge in [0, 0.05) is 18.2 Å². The molecule has 0 heterocycles. The number of anilines is 1. The van der Waals surface area contributed by atoms with Crippen molar-refractivity contribution >= 4 is 40.3 Å². The summed E-state index contributed by atoms with van der Waals surface area (Å²) in [5.74, 6) is -1.30. The van der Waals surface area contributed by atoms with Crippen LogP contribution in [0.1, 0.15) is 71.0 Å². The molecule has 4 unspecified atom stereocenters. The molecule has 4 rings (SSSR count). The van der Waals surface area contributed by atoms with Gasteiger partial charge in [-0.1, -0.05) is 68.4 Å². The first-order valence-corrected chi connectivity index (χ1v) is 14.8. The Kier molecular flexibility index (Phi) is 9.73. The Balaban J connectivity index is 1.72. The Morgan fingerprint density at radius 1 is 1.00 bits per heavy atom. The quantitative estimate of drug-likeness (QED) is 0.274. The fourth-order valence-corrected chi connectivity index (χ4v) is 5.20. The molecule has 1 aliphatic rings. The molecule has 1 aliphatic carbocycles. The van der Waals surface area contributed by atoms with Crippen molar-refractivity contribution in [3.8, 4) is 0 Å². The number of nitrogens with one attached hydrogen (secondary N) is 2. The van der Waals surface area contributed by atoms with Gasteiger partial charge in [-0.15, -0.1) is 0 Å². The van der Waals surface area contributed by atoms with E-state index in [1.165, 1.54) is 0 Å². The van der Waals surface area contributed by atoms with E-state index in [4.69, 9.17) is 10.5 Å². The minimum absolute atomic E-state index is 0.0290. The van der Waals surface area contributed by atoms with Crippen LogP contribution < -0.4 is 16.4 Å². The number of rotatable bonds is 11. The molecule has 4 N–H and O–H groups in total. The monoisotopic (exact) mass is 586 g/mol. The number of carbonyl (C=O) groups is 4. The van der Waals surface area contributed by atoms with E-state index in [-0.39, 0.29) is 30.7 Å². The normalized spacial score (nSPS) is 17.4. The molecule has 4 amide bonds. The third-order valence-corrected chi connectivity index (χ3v) is 7.59. The molecule has 0 spiro atoms. The molecule has 1 saturated carbocycles. The van der Waals surface area contributed by atoms with E-state index in [2.05, 4.69) is 10.6 Å². The van der Waals surface area contributed by atoms with Gasteiger partial charge in [0.15, 0.2) is 0 Å². The number of hydrogen-bond acceptors (Lipinski definition) is 5. The van der Waals surface area contributed by atoms with Gasteiger partial charge in [-0.3, -0.25) is 14.4 Å². The lowest BCUT2D eigenvalue weighted by atomic mass is 9.99. The first-order valence-electron chi connectivity index (χ1n) is 14.8. The molecule has 0 saturated heterocycles. The molecule has 4 atom stereocenters. The van der Waals surface area contributed by atoms with Gasteiger partial charge in [-0.2, -0.15) is 0 Å². The summed E-state index contributed by atoms with van der Waals surface area (Å²) in [6.07, 6.45) is 0.584. The van der Waals surface area contributed by atoms with Gasteiger partial charge in [0.2, 0.25) is 11.8 Å². The number of nitrogens with zero attached hydrogens (tertiary/aromatic N) is 1. The SMILES string of the molecule is CCc1ccc(C(C(=O)Nc2ccc3ccccc3c2)N(C(=O)C(CCC(N)=O)NC(=O)OC(C)(C)C)C2CC2C)cc1. The maximum atomic E-state index is 14.4. The smallest absolute Gasteiger partial charge is 0.408 e. The molecule has 0 radical (unpaired) electrons. The van der Waals surface area contributed by atoms with Crippen molar-refractivity contribution in [3.63, 3.8) is 0 Å². The minimum atomic E-state index is -1.12. The van der Waals surface area contributed by atoms with Crippen molar-refractivity contribution in [2.24, 2.45) is 11.7 Å². The van der Waals surface area contributed by atoms with Gasteiger partial charge in [0.1, 0.15) is 17.7 Å². The van der Waals surface area contributed by atoms with Crippen molar-refractivity contribution in [1.82, 2.24) is 10.2 Å². The number of benzene rings is 3. The number of nitrogens with two attached hydrogens (primary N) is 1. The number of hydrogen-bond donors (Lipinski definition) is 3. The van der Waals surface area contributed by atoms with Gasteiger partial charge >= 0.3 is 6.09 Å². The summed E-state index contributed by atoms with van der Waals surface area (Å²) in [5.41, 5.74) is 6.98. The average Bonchev–Trinajstić information content (AvgIpc) is 3.67. The second kappa shape index (κ2) is 13.3. The molecule has 3 aromatic carbocycles. The standard InChI is InChI=1S/C34H42N4O5/c1-6-22-11-13-24(14-12-22)30(31(40)36-26-16-15-23-9-7-8-10-25(23)20-26)38(28-19-21(28)2)32(41)27(17-18-29(35)39)37-33(42)43-34(3,4)5/h7-16,20-21,27-28,30H,6,17-19H2,1-5H3,(H2,35,39)(H,36,40)(H,37,42). The van der Waals surface area contributed by atoms with Crippen LogP contribution in [0.2, 0.25) is 0 Å². The number of carbonyl (C=O) groups excluding carboxylic acids is 4. The van der Waals surface area contributed by atoms with E-state index in [1.807, 2.05) is 80.6 Å². The highest BCUT2D eigenvalue weighted by Crippen LogP contribution is 2.41. The lowest BCUT2D eigenvalue weighted by molar-refractivity contribution is -0.142. The average molecular weight is 587 g/mol. The topological polar surface area (TPSA) is 131 Å². The van der Waals surface area contributed by atoms with Gasteiger partial charge in [0.05, 0.1) is 0 Å². The van der Waals surface area contributed by atoms with E-state index >= 15 is 0 Å². The summed E-state index contributed by atoms with van der Waals surface area (Å²) in [4.78, 5) is 54.6. The summed E-state index contributed by atoms with van der Waals surface area (Å²) < 4.78 is 5.42. The van der Waals surface area contributed by atoms with Crippen molar-refractivity contribution < 1.29 is 23.9 Å². The van der Waals surface area contributed by atoms with Crippen LogP contribution in [0, 0.1) is 5.92 Å². The van der Waals surface area contributed by atoms with Crippen molar-refractivity contribution in [3.05, 3.63) is 77.9 Å². The summed E-state index contributed by atoms with van der Waals surface area (Å²) in [7, 11) is 0. The lowest BCUT2D eigenvalue weighted by Crippen LogP contribution is -2.53. The molecular weight excluding hydrogens is 544 g/mol. The zero-order valence-electron chi connectivity index (χ0n) is 25.6. The Hall–Kier alpha value is -4.40. The molecule has 0 bridgehead atoms. The van der Waals surface area contributed by atoms with Crippen LogP contribution in [0.25, 0.3) is 10.8 Å². The molecule has 228 valence electrons. The Morgan fingerprint density at radius 3 is 2.23 bits per heavy atom. The number of fused-ring (bicyclic) bond motifs is 1.